The molecule has 3 rings (SSSR count). The Labute approximate surface area is 155 Å². The van der Waals surface area contributed by atoms with E-state index in [2.05, 4.69) is 16.8 Å². The highest BCUT2D eigenvalue weighted by atomic mass is 32.2. The number of carbonyl (C=O) groups is 1. The predicted octanol–water partition coefficient (Wildman–Crippen LogP) is 0.434. The van der Waals surface area contributed by atoms with Crippen LogP contribution in [0.15, 0.2) is 29.2 Å². The zero-order valence-corrected chi connectivity index (χ0v) is 16.1. The smallest absolute Gasteiger partial charge is 0.248 e. The summed E-state index contributed by atoms with van der Waals surface area (Å²) in [5.41, 5.74) is 5.54. The summed E-state index contributed by atoms with van der Waals surface area (Å²) in [5.74, 6) is -0.189. The number of primary amides is 1. The van der Waals surface area contributed by atoms with Crippen LogP contribution in [0.25, 0.3) is 0 Å². The van der Waals surface area contributed by atoms with Crippen molar-refractivity contribution in [3.8, 4) is 0 Å². The molecule has 7 nitrogen and oxygen atoms in total. The number of sulfonamides is 1. The second-order valence-electron chi connectivity index (χ2n) is 7.36. The predicted molar refractivity (Wildman–Crippen MR) is 100 cm³/mol. The number of nitrogens with two attached hydrogens (primary N) is 1. The van der Waals surface area contributed by atoms with Crippen LogP contribution in [0.3, 0.4) is 0 Å². The first kappa shape index (κ1) is 19.3. The lowest BCUT2D eigenvalue weighted by Crippen LogP contribution is -2.49. The molecule has 144 valence electrons. The number of likely N-dealkylation sites (N-methyl/N-ethyl adjacent to an activating group) is 1. The molecular weight excluding hydrogens is 352 g/mol. The summed E-state index contributed by atoms with van der Waals surface area (Å²) in [5, 5.41) is 0. The van der Waals surface area contributed by atoms with Crippen LogP contribution in [0.2, 0.25) is 0 Å². The third-order valence-electron chi connectivity index (χ3n) is 5.37. The van der Waals surface area contributed by atoms with E-state index >= 15 is 0 Å². The Hall–Kier alpha value is -1.48. The molecule has 26 heavy (non-hydrogen) atoms. The summed E-state index contributed by atoms with van der Waals surface area (Å²) in [4.78, 5) is 16.2. The summed E-state index contributed by atoms with van der Waals surface area (Å²) >= 11 is 0. The molecule has 0 saturated carbocycles. The third kappa shape index (κ3) is 4.43. The lowest BCUT2D eigenvalue weighted by Gasteiger charge is -2.38. The Morgan fingerprint density at radius 3 is 2.38 bits per heavy atom. The molecular formula is C18H28N4O3S. The fraction of sp³-hybridized carbons (Fsp3) is 0.611. The van der Waals surface area contributed by atoms with Crippen molar-refractivity contribution in [1.82, 2.24) is 14.1 Å². The maximum absolute atomic E-state index is 12.9. The van der Waals surface area contributed by atoms with Crippen LogP contribution in [0.5, 0.6) is 0 Å². The number of carbonyl (C=O) groups excluding carboxylic acids is 1. The van der Waals surface area contributed by atoms with Crippen molar-refractivity contribution in [2.45, 2.75) is 17.7 Å². The minimum Gasteiger partial charge on any atom is -0.366 e. The monoisotopic (exact) mass is 380 g/mol. The highest BCUT2D eigenvalue weighted by molar-refractivity contribution is 7.89. The number of rotatable bonds is 5. The van der Waals surface area contributed by atoms with E-state index in [1.165, 1.54) is 24.3 Å². The molecule has 1 aromatic carbocycles. The zero-order valence-electron chi connectivity index (χ0n) is 15.3. The number of hydrogen-bond acceptors (Lipinski definition) is 5. The first-order valence-corrected chi connectivity index (χ1v) is 10.6. The maximum Gasteiger partial charge on any atom is 0.248 e. The summed E-state index contributed by atoms with van der Waals surface area (Å²) in [6, 6.07) is 5.89. The molecule has 2 heterocycles. The Balaban J connectivity index is 1.65. The molecule has 0 spiro atoms. The minimum absolute atomic E-state index is 0.225. The van der Waals surface area contributed by atoms with Gasteiger partial charge in [-0.2, -0.15) is 4.31 Å². The highest BCUT2D eigenvalue weighted by Gasteiger charge is 2.31. The Morgan fingerprint density at radius 2 is 1.77 bits per heavy atom. The molecule has 0 bridgehead atoms. The molecule has 1 atom stereocenters. The van der Waals surface area contributed by atoms with Gasteiger partial charge >= 0.3 is 0 Å². The van der Waals surface area contributed by atoms with Crippen molar-refractivity contribution in [3.63, 3.8) is 0 Å². The summed E-state index contributed by atoms with van der Waals surface area (Å²) < 4.78 is 27.5. The molecule has 8 heteroatoms. The van der Waals surface area contributed by atoms with Crippen molar-refractivity contribution < 1.29 is 13.2 Å². The molecule has 1 aromatic rings. The van der Waals surface area contributed by atoms with Gasteiger partial charge in [-0.15, -0.1) is 0 Å². The Bertz CT molecular complexity index is 727. The van der Waals surface area contributed by atoms with E-state index in [0.717, 1.165) is 45.6 Å². The number of hydrogen-bond donors (Lipinski definition) is 1. The fourth-order valence-electron chi connectivity index (χ4n) is 3.73. The lowest BCUT2D eigenvalue weighted by atomic mass is 9.99. The molecule has 2 aliphatic heterocycles. The van der Waals surface area contributed by atoms with E-state index in [0.29, 0.717) is 24.6 Å². The van der Waals surface area contributed by atoms with Crippen LogP contribution in [0.1, 0.15) is 23.2 Å². The first-order chi connectivity index (χ1) is 12.4. The number of nitrogens with zero attached hydrogens (tertiary/aromatic N) is 3. The molecule has 2 saturated heterocycles. The number of benzene rings is 1. The molecule has 2 fully saturated rings. The zero-order chi connectivity index (χ0) is 18.7. The van der Waals surface area contributed by atoms with E-state index in [1.54, 1.807) is 4.31 Å². The van der Waals surface area contributed by atoms with Gasteiger partial charge in [0.2, 0.25) is 15.9 Å². The van der Waals surface area contributed by atoms with E-state index in [4.69, 9.17) is 5.73 Å². The average Bonchev–Trinajstić information content (AvgIpc) is 2.64. The molecule has 1 amide bonds. The van der Waals surface area contributed by atoms with Crippen LogP contribution in [0.4, 0.5) is 0 Å². The molecule has 0 aliphatic carbocycles. The van der Waals surface area contributed by atoms with E-state index in [-0.39, 0.29) is 4.90 Å². The van der Waals surface area contributed by atoms with Gasteiger partial charge in [-0.1, -0.05) is 0 Å². The van der Waals surface area contributed by atoms with Crippen molar-refractivity contribution >= 4 is 15.9 Å². The minimum atomic E-state index is -3.53. The second-order valence-corrected chi connectivity index (χ2v) is 9.30. The van der Waals surface area contributed by atoms with Crippen LogP contribution < -0.4 is 5.73 Å². The van der Waals surface area contributed by atoms with Crippen LogP contribution >= 0.6 is 0 Å². The van der Waals surface area contributed by atoms with Gasteiger partial charge in [0.1, 0.15) is 0 Å². The van der Waals surface area contributed by atoms with Crippen molar-refractivity contribution in [2.24, 2.45) is 11.7 Å². The van der Waals surface area contributed by atoms with E-state index in [9.17, 15) is 13.2 Å². The maximum atomic E-state index is 12.9. The number of amides is 1. The van der Waals surface area contributed by atoms with Gasteiger partial charge in [-0.05, 0) is 50.1 Å². The fourth-order valence-corrected chi connectivity index (χ4v) is 5.28. The van der Waals surface area contributed by atoms with Crippen LogP contribution in [-0.2, 0) is 10.0 Å². The Kier molecular flexibility index (Phi) is 5.96. The molecule has 2 N–H and O–H groups in total. The number of piperidine rings is 1. The second kappa shape index (κ2) is 8.04. The molecule has 0 radical (unpaired) electrons. The van der Waals surface area contributed by atoms with Crippen LogP contribution in [0, 0.1) is 5.92 Å². The largest absolute Gasteiger partial charge is 0.366 e. The molecule has 1 unspecified atom stereocenters. The first-order valence-electron chi connectivity index (χ1n) is 9.17. The van der Waals surface area contributed by atoms with Gasteiger partial charge in [-0.25, -0.2) is 8.42 Å². The van der Waals surface area contributed by atoms with Crippen LogP contribution in [-0.4, -0.2) is 81.3 Å². The van der Waals surface area contributed by atoms with E-state index in [1.807, 2.05) is 0 Å². The van der Waals surface area contributed by atoms with Gasteiger partial charge in [0.05, 0.1) is 4.90 Å². The highest BCUT2D eigenvalue weighted by Crippen LogP contribution is 2.25. The molecule has 0 aromatic heterocycles. The SMILES string of the molecule is CN1CCN(CC2CCCN(S(=O)(=O)c3ccc(C(N)=O)cc3)C2)CC1. The average molecular weight is 381 g/mol. The Morgan fingerprint density at radius 1 is 1.12 bits per heavy atom. The normalized spacial score (nSPS) is 23.8. The summed E-state index contributed by atoms with van der Waals surface area (Å²) in [6.45, 7) is 6.32. The standard InChI is InChI=1S/C18H28N4O3S/c1-20-9-11-21(12-10-20)13-15-3-2-8-22(14-15)26(24,25)17-6-4-16(5-7-17)18(19)23/h4-7,15H,2-3,8-14H2,1H3,(H2,19,23). The third-order valence-corrected chi connectivity index (χ3v) is 7.25. The van der Waals surface area contributed by atoms with E-state index < -0.39 is 15.9 Å². The van der Waals surface area contributed by atoms with Crippen molar-refractivity contribution in [1.29, 1.82) is 0 Å². The summed E-state index contributed by atoms with van der Waals surface area (Å²) in [7, 11) is -1.40. The number of piperazine rings is 1. The lowest BCUT2D eigenvalue weighted by molar-refractivity contribution is 0.1000. The summed E-state index contributed by atoms with van der Waals surface area (Å²) in [6.07, 6.45) is 1.95. The van der Waals surface area contributed by atoms with Gasteiger partial charge in [-0.3, -0.25) is 4.79 Å². The van der Waals surface area contributed by atoms with Crippen molar-refractivity contribution in [3.05, 3.63) is 29.8 Å². The van der Waals surface area contributed by atoms with Gasteiger partial charge < -0.3 is 15.5 Å². The topological polar surface area (TPSA) is 86.9 Å². The van der Waals surface area contributed by atoms with Gasteiger partial charge in [0.25, 0.3) is 0 Å². The van der Waals surface area contributed by atoms with Gasteiger partial charge in [0.15, 0.2) is 0 Å². The quantitative estimate of drug-likeness (QED) is 0.801. The van der Waals surface area contributed by atoms with Gasteiger partial charge in [0, 0.05) is 51.4 Å². The van der Waals surface area contributed by atoms with Crippen molar-refractivity contribution in [2.75, 3.05) is 52.9 Å². The molecule has 2 aliphatic rings.